The van der Waals surface area contributed by atoms with E-state index in [9.17, 15) is 14.9 Å². The molecule has 6 heteroatoms. The molecular formula is C18H10N2O3S. The van der Waals surface area contributed by atoms with Gasteiger partial charge in [0.2, 0.25) is 11.7 Å². The Labute approximate surface area is 141 Å². The second kappa shape index (κ2) is 5.18. The van der Waals surface area contributed by atoms with Gasteiger partial charge in [-0.3, -0.25) is 9.59 Å². The Hall–Kier alpha value is -3.17. The number of fused-ring (bicyclic) bond motifs is 1. The van der Waals surface area contributed by atoms with Crippen LogP contribution >= 0.6 is 11.3 Å². The van der Waals surface area contributed by atoms with Crippen LogP contribution in [0.15, 0.2) is 64.6 Å². The molecule has 2 N–H and O–H groups in total. The molecule has 2 aliphatic rings. The zero-order valence-corrected chi connectivity index (χ0v) is 13.1. The molecule has 4 rings (SSSR count). The topological polar surface area (TPSA) is 93.2 Å². The van der Waals surface area contributed by atoms with Crippen LogP contribution in [0.2, 0.25) is 0 Å². The minimum absolute atomic E-state index is 0.0754. The van der Waals surface area contributed by atoms with Crippen molar-refractivity contribution in [3.8, 4) is 6.07 Å². The molecule has 0 saturated carbocycles. The molecule has 0 bridgehead atoms. The number of carbonyl (C=O) groups is 2. The van der Waals surface area contributed by atoms with Crippen LogP contribution in [-0.2, 0) is 4.74 Å². The number of ether oxygens (including phenoxy) is 1. The summed E-state index contributed by atoms with van der Waals surface area (Å²) in [5.41, 5.74) is 6.81. The van der Waals surface area contributed by atoms with Crippen LogP contribution in [0.5, 0.6) is 0 Å². The standard InChI is InChI=1S/C18H10N2O3S/c19-8-11-13(12-6-3-7-24-12)14-15(21)9-4-1-2-5-10(9)16(22)17(14)23-18(11)20/h1-7,13H,20H2/t13-/m1/s1. The zero-order valence-electron chi connectivity index (χ0n) is 12.3. The summed E-state index contributed by atoms with van der Waals surface area (Å²) in [5, 5.41) is 11.3. The Balaban J connectivity index is 1.99. The number of carbonyl (C=O) groups excluding carboxylic acids is 2. The first kappa shape index (κ1) is 14.4. The second-order valence-corrected chi connectivity index (χ2v) is 6.37. The maximum Gasteiger partial charge on any atom is 0.229 e. The van der Waals surface area contributed by atoms with Crippen molar-refractivity contribution in [3.05, 3.63) is 80.6 Å². The number of hydrogen-bond donors (Lipinski definition) is 1. The molecule has 24 heavy (non-hydrogen) atoms. The maximum absolute atomic E-state index is 13.0. The highest BCUT2D eigenvalue weighted by Gasteiger charge is 2.43. The van der Waals surface area contributed by atoms with E-state index in [0.717, 1.165) is 4.88 Å². The molecule has 1 atom stereocenters. The first-order valence-corrected chi connectivity index (χ1v) is 8.05. The van der Waals surface area contributed by atoms with E-state index in [4.69, 9.17) is 10.5 Å². The molecule has 1 aromatic carbocycles. The lowest BCUT2D eigenvalue weighted by Crippen LogP contribution is -2.32. The molecule has 0 fully saturated rings. The van der Waals surface area contributed by atoms with Gasteiger partial charge in [0, 0.05) is 16.0 Å². The van der Waals surface area contributed by atoms with Crippen LogP contribution in [-0.4, -0.2) is 11.6 Å². The van der Waals surface area contributed by atoms with Crippen LogP contribution in [0, 0.1) is 11.3 Å². The molecule has 2 heterocycles. The number of ketones is 2. The van der Waals surface area contributed by atoms with E-state index < -0.39 is 5.92 Å². The highest BCUT2D eigenvalue weighted by Crippen LogP contribution is 2.45. The predicted octanol–water partition coefficient (Wildman–Crippen LogP) is 2.89. The van der Waals surface area contributed by atoms with Gasteiger partial charge in [0.25, 0.3) is 0 Å². The first-order chi connectivity index (χ1) is 11.6. The Bertz CT molecular complexity index is 994. The normalized spacial score (nSPS) is 19.5. The van der Waals surface area contributed by atoms with Crippen molar-refractivity contribution >= 4 is 22.9 Å². The third kappa shape index (κ3) is 1.85. The summed E-state index contributed by atoms with van der Waals surface area (Å²) in [5.74, 6) is -1.58. The number of nitrogens with zero attached hydrogens (tertiary/aromatic N) is 1. The summed E-state index contributed by atoms with van der Waals surface area (Å²) in [6.07, 6.45) is 0. The predicted molar refractivity (Wildman–Crippen MR) is 87.1 cm³/mol. The highest BCUT2D eigenvalue weighted by atomic mass is 32.1. The SMILES string of the molecule is N#CC1=C(N)OC2=C(C(=O)c3ccccc3C2=O)[C@H]1c1cccs1. The molecule has 1 aromatic heterocycles. The summed E-state index contributed by atoms with van der Waals surface area (Å²) in [6, 6.07) is 12.2. The van der Waals surface area contributed by atoms with Gasteiger partial charge in [0.05, 0.1) is 11.5 Å². The monoisotopic (exact) mass is 334 g/mol. The molecule has 5 nitrogen and oxygen atoms in total. The summed E-state index contributed by atoms with van der Waals surface area (Å²) >= 11 is 1.40. The van der Waals surface area contributed by atoms with Gasteiger partial charge in [-0.25, -0.2) is 0 Å². The number of hydrogen-bond acceptors (Lipinski definition) is 6. The molecular weight excluding hydrogens is 324 g/mol. The fourth-order valence-electron chi connectivity index (χ4n) is 3.05. The molecule has 0 unspecified atom stereocenters. The van der Waals surface area contributed by atoms with Crippen molar-refractivity contribution in [2.24, 2.45) is 5.73 Å². The number of thiophene rings is 1. The van der Waals surface area contributed by atoms with Gasteiger partial charge in [-0.2, -0.15) is 5.26 Å². The Morgan fingerprint density at radius 1 is 1.08 bits per heavy atom. The van der Waals surface area contributed by atoms with Crippen LogP contribution < -0.4 is 5.73 Å². The van der Waals surface area contributed by atoms with Gasteiger partial charge in [-0.15, -0.1) is 11.3 Å². The van der Waals surface area contributed by atoms with E-state index in [1.54, 1.807) is 24.3 Å². The van der Waals surface area contributed by atoms with E-state index in [2.05, 4.69) is 0 Å². The average Bonchev–Trinajstić information content (AvgIpc) is 3.13. The van der Waals surface area contributed by atoms with Crippen LogP contribution in [0.3, 0.4) is 0 Å². The highest BCUT2D eigenvalue weighted by molar-refractivity contribution is 7.10. The van der Waals surface area contributed by atoms with Gasteiger partial charge >= 0.3 is 0 Å². The Morgan fingerprint density at radius 3 is 2.42 bits per heavy atom. The van der Waals surface area contributed by atoms with Gasteiger partial charge < -0.3 is 10.5 Å². The second-order valence-electron chi connectivity index (χ2n) is 5.39. The van der Waals surface area contributed by atoms with E-state index in [-0.39, 0.29) is 34.4 Å². The molecule has 1 aliphatic carbocycles. The molecule has 0 amide bonds. The van der Waals surface area contributed by atoms with Gasteiger partial charge in [-0.05, 0) is 11.4 Å². The van der Waals surface area contributed by atoms with E-state index in [1.807, 2.05) is 23.6 Å². The summed E-state index contributed by atoms with van der Waals surface area (Å²) < 4.78 is 5.41. The average molecular weight is 334 g/mol. The number of allylic oxidation sites excluding steroid dienone is 3. The Kier molecular flexibility index (Phi) is 3.12. The number of nitrogens with two attached hydrogens (primary N) is 1. The van der Waals surface area contributed by atoms with E-state index in [0.29, 0.717) is 11.1 Å². The quantitative estimate of drug-likeness (QED) is 0.865. The molecule has 2 aromatic rings. The van der Waals surface area contributed by atoms with Gasteiger partial charge in [0.15, 0.2) is 11.5 Å². The van der Waals surface area contributed by atoms with E-state index in [1.165, 1.54) is 11.3 Å². The fourth-order valence-corrected chi connectivity index (χ4v) is 3.89. The molecule has 0 spiro atoms. The van der Waals surface area contributed by atoms with Crippen molar-refractivity contribution in [3.63, 3.8) is 0 Å². The van der Waals surface area contributed by atoms with Crippen molar-refractivity contribution in [2.75, 3.05) is 0 Å². The van der Waals surface area contributed by atoms with Crippen molar-refractivity contribution < 1.29 is 14.3 Å². The summed E-state index contributed by atoms with van der Waals surface area (Å²) in [7, 11) is 0. The lowest BCUT2D eigenvalue weighted by atomic mass is 9.77. The minimum atomic E-state index is -0.677. The summed E-state index contributed by atoms with van der Waals surface area (Å²) in [6.45, 7) is 0. The molecule has 0 saturated heterocycles. The molecule has 1 aliphatic heterocycles. The van der Waals surface area contributed by atoms with Crippen molar-refractivity contribution in [1.82, 2.24) is 0 Å². The van der Waals surface area contributed by atoms with Crippen molar-refractivity contribution in [2.45, 2.75) is 5.92 Å². The maximum atomic E-state index is 13.0. The van der Waals surface area contributed by atoms with Crippen LogP contribution in [0.1, 0.15) is 31.5 Å². The third-order valence-electron chi connectivity index (χ3n) is 4.11. The first-order valence-electron chi connectivity index (χ1n) is 7.17. The largest absolute Gasteiger partial charge is 0.436 e. The third-order valence-corrected chi connectivity index (χ3v) is 5.05. The van der Waals surface area contributed by atoms with Crippen LogP contribution in [0.25, 0.3) is 0 Å². The van der Waals surface area contributed by atoms with Gasteiger partial charge in [0.1, 0.15) is 11.6 Å². The smallest absolute Gasteiger partial charge is 0.229 e. The van der Waals surface area contributed by atoms with Crippen molar-refractivity contribution in [1.29, 1.82) is 5.26 Å². The number of benzene rings is 1. The molecule has 116 valence electrons. The summed E-state index contributed by atoms with van der Waals surface area (Å²) in [4.78, 5) is 26.5. The zero-order chi connectivity index (χ0) is 16.8. The fraction of sp³-hybridized carbons (Fsp3) is 0.0556. The number of Topliss-reactive ketones (excluding diaryl/α,β-unsaturated/α-hetero) is 2. The minimum Gasteiger partial charge on any atom is -0.436 e. The Morgan fingerprint density at radius 2 is 1.79 bits per heavy atom. The number of rotatable bonds is 1. The molecule has 0 radical (unpaired) electrons. The van der Waals surface area contributed by atoms with Gasteiger partial charge in [-0.1, -0.05) is 30.3 Å². The van der Waals surface area contributed by atoms with E-state index >= 15 is 0 Å². The lowest BCUT2D eigenvalue weighted by Gasteiger charge is -2.30. The van der Waals surface area contributed by atoms with Crippen LogP contribution in [0.4, 0.5) is 0 Å². The number of nitriles is 1. The lowest BCUT2D eigenvalue weighted by molar-refractivity contribution is 0.0897.